The number of hydrogen-bond acceptors (Lipinski definition) is 7. The van der Waals surface area contributed by atoms with Gasteiger partial charge < -0.3 is 10.1 Å². The molecule has 0 aromatic carbocycles. The van der Waals surface area contributed by atoms with E-state index < -0.39 is 0 Å². The first-order chi connectivity index (χ1) is 9.01. The Kier molecular flexibility index (Phi) is 4.16. The molecule has 2 heterocycles. The van der Waals surface area contributed by atoms with Gasteiger partial charge in [-0.25, -0.2) is 14.8 Å². The predicted octanol–water partition coefficient (Wildman–Crippen LogP) is 3.18. The Hall–Kier alpha value is -1.47. The molecule has 0 aliphatic rings. The van der Waals surface area contributed by atoms with Gasteiger partial charge in [0, 0.05) is 11.1 Å². The van der Waals surface area contributed by atoms with Crippen molar-refractivity contribution < 1.29 is 9.53 Å². The zero-order valence-corrected chi connectivity index (χ0v) is 12.8. The van der Waals surface area contributed by atoms with Crippen molar-refractivity contribution in [1.29, 1.82) is 0 Å². The van der Waals surface area contributed by atoms with Gasteiger partial charge in [0.2, 0.25) is 0 Å². The highest BCUT2D eigenvalue weighted by Gasteiger charge is 2.17. The zero-order chi connectivity index (χ0) is 14.0. The lowest BCUT2D eigenvalue weighted by atomic mass is 10.4. The van der Waals surface area contributed by atoms with Gasteiger partial charge in [-0.05, 0) is 20.8 Å². The summed E-state index contributed by atoms with van der Waals surface area (Å²) in [5.74, 6) is -0.346. The quantitative estimate of drug-likeness (QED) is 0.878. The van der Waals surface area contributed by atoms with E-state index in [1.54, 1.807) is 18.3 Å². The van der Waals surface area contributed by atoms with Gasteiger partial charge in [0.1, 0.15) is 9.88 Å². The molecular formula is C12H15N3O2S2. The fraction of sp³-hybridized carbons (Fsp3) is 0.417. The minimum Gasteiger partial charge on any atom is -0.465 e. The molecule has 7 heteroatoms. The third-order valence-corrected chi connectivity index (χ3v) is 4.68. The van der Waals surface area contributed by atoms with Crippen LogP contribution in [-0.2, 0) is 4.74 Å². The summed E-state index contributed by atoms with van der Waals surface area (Å²) >= 11 is 2.95. The van der Waals surface area contributed by atoms with Crippen LogP contribution in [0.1, 0.15) is 38.2 Å². The van der Waals surface area contributed by atoms with Gasteiger partial charge in [-0.2, -0.15) is 0 Å². The van der Waals surface area contributed by atoms with Crippen molar-refractivity contribution >= 4 is 33.8 Å². The first-order valence-electron chi connectivity index (χ1n) is 5.76. The molecule has 0 bridgehead atoms. The fourth-order valence-corrected chi connectivity index (χ4v) is 3.31. The molecule has 1 unspecified atom stereocenters. The number of aryl methyl sites for hydroxylation is 2. The van der Waals surface area contributed by atoms with E-state index in [1.165, 1.54) is 23.3 Å². The third kappa shape index (κ3) is 3.10. The van der Waals surface area contributed by atoms with Gasteiger partial charge in [0.25, 0.3) is 0 Å². The number of anilines is 1. The Morgan fingerprint density at radius 3 is 2.74 bits per heavy atom. The van der Waals surface area contributed by atoms with E-state index in [0.29, 0.717) is 15.7 Å². The van der Waals surface area contributed by atoms with E-state index in [4.69, 9.17) is 4.74 Å². The van der Waals surface area contributed by atoms with Crippen LogP contribution in [0, 0.1) is 13.8 Å². The lowest BCUT2D eigenvalue weighted by Crippen LogP contribution is -2.05. The Morgan fingerprint density at radius 1 is 1.42 bits per heavy atom. The predicted molar refractivity (Wildman–Crippen MR) is 77.1 cm³/mol. The molecule has 0 saturated heterocycles. The molecule has 0 fully saturated rings. The molecule has 102 valence electrons. The van der Waals surface area contributed by atoms with E-state index in [-0.39, 0.29) is 12.0 Å². The number of carbonyl (C=O) groups excluding carboxylic acids is 1. The van der Waals surface area contributed by atoms with Crippen molar-refractivity contribution in [2.45, 2.75) is 26.8 Å². The van der Waals surface area contributed by atoms with E-state index in [1.807, 2.05) is 20.0 Å². The lowest BCUT2D eigenvalue weighted by molar-refractivity contribution is 0.0605. The van der Waals surface area contributed by atoms with Gasteiger partial charge in [0.05, 0.1) is 18.8 Å². The van der Waals surface area contributed by atoms with Crippen LogP contribution in [0.25, 0.3) is 0 Å². The van der Waals surface area contributed by atoms with Crippen molar-refractivity contribution in [2.24, 2.45) is 0 Å². The van der Waals surface area contributed by atoms with Gasteiger partial charge in [-0.1, -0.05) is 11.3 Å². The second-order valence-corrected chi connectivity index (χ2v) is 6.37. The van der Waals surface area contributed by atoms with Crippen LogP contribution in [0.4, 0.5) is 5.13 Å². The largest absolute Gasteiger partial charge is 0.465 e. The van der Waals surface area contributed by atoms with E-state index >= 15 is 0 Å². The third-order valence-electron chi connectivity index (χ3n) is 2.52. The Morgan fingerprint density at radius 2 is 2.16 bits per heavy atom. The number of rotatable bonds is 4. The van der Waals surface area contributed by atoms with Crippen LogP contribution in [0.3, 0.4) is 0 Å². The summed E-state index contributed by atoms with van der Waals surface area (Å²) < 4.78 is 4.72. The highest BCUT2D eigenvalue weighted by molar-refractivity contribution is 7.17. The number of carbonyl (C=O) groups is 1. The van der Waals surface area contributed by atoms with E-state index in [9.17, 15) is 4.79 Å². The molecule has 2 aromatic heterocycles. The Balaban J connectivity index is 2.13. The van der Waals surface area contributed by atoms with Gasteiger partial charge in [-0.15, -0.1) is 11.3 Å². The molecule has 0 aliphatic heterocycles. The second-order valence-electron chi connectivity index (χ2n) is 4.10. The lowest BCUT2D eigenvalue weighted by Gasteiger charge is -2.08. The molecule has 0 amide bonds. The van der Waals surface area contributed by atoms with Crippen LogP contribution < -0.4 is 5.32 Å². The van der Waals surface area contributed by atoms with Crippen LogP contribution in [-0.4, -0.2) is 23.0 Å². The summed E-state index contributed by atoms with van der Waals surface area (Å²) in [5.41, 5.74) is 0.682. The number of nitrogens with zero attached hydrogens (tertiary/aromatic N) is 2. The number of esters is 1. The minimum atomic E-state index is -0.346. The van der Waals surface area contributed by atoms with Crippen LogP contribution in [0.5, 0.6) is 0 Å². The molecule has 0 radical (unpaired) electrons. The van der Waals surface area contributed by atoms with Crippen molar-refractivity contribution in [1.82, 2.24) is 9.97 Å². The summed E-state index contributed by atoms with van der Waals surface area (Å²) in [4.78, 5) is 21.9. The highest BCUT2D eigenvalue weighted by Crippen LogP contribution is 2.28. The summed E-state index contributed by atoms with van der Waals surface area (Å²) in [7, 11) is 1.37. The van der Waals surface area contributed by atoms with Crippen LogP contribution in [0.2, 0.25) is 0 Å². The molecule has 2 aromatic rings. The van der Waals surface area contributed by atoms with Crippen molar-refractivity contribution in [3.05, 3.63) is 26.7 Å². The number of methoxy groups -OCH3 is 1. The highest BCUT2D eigenvalue weighted by atomic mass is 32.1. The minimum absolute atomic E-state index is 0.0646. The SMILES string of the molecule is COC(=O)c1sc(NC(C)c2ncc(C)s2)nc1C. The van der Waals surface area contributed by atoms with Crippen LogP contribution >= 0.6 is 22.7 Å². The monoisotopic (exact) mass is 297 g/mol. The molecule has 0 spiro atoms. The van der Waals surface area contributed by atoms with Crippen molar-refractivity contribution in [2.75, 3.05) is 12.4 Å². The summed E-state index contributed by atoms with van der Waals surface area (Å²) in [5, 5.41) is 4.97. The first-order valence-corrected chi connectivity index (χ1v) is 7.39. The number of ether oxygens (including phenoxy) is 1. The average molecular weight is 297 g/mol. The second kappa shape index (κ2) is 5.66. The number of hydrogen-bond donors (Lipinski definition) is 1. The van der Waals surface area contributed by atoms with Crippen molar-refractivity contribution in [3.63, 3.8) is 0 Å². The standard InChI is InChI=1S/C12H15N3O2S2/c1-6-5-13-10(18-6)8(3)15-12-14-7(2)9(19-12)11(16)17-4/h5,8H,1-4H3,(H,14,15). The average Bonchev–Trinajstić information content (AvgIpc) is 2.95. The van der Waals surface area contributed by atoms with E-state index in [2.05, 4.69) is 15.3 Å². The Labute approximate surface area is 119 Å². The Bertz CT molecular complexity index is 592. The molecule has 1 atom stereocenters. The van der Waals surface area contributed by atoms with Gasteiger partial charge in [0.15, 0.2) is 5.13 Å². The normalized spacial score (nSPS) is 12.2. The maximum Gasteiger partial charge on any atom is 0.350 e. The molecular weight excluding hydrogens is 282 g/mol. The molecule has 2 rings (SSSR count). The smallest absolute Gasteiger partial charge is 0.350 e. The van der Waals surface area contributed by atoms with Crippen LogP contribution in [0.15, 0.2) is 6.20 Å². The fourth-order valence-electron chi connectivity index (χ4n) is 1.56. The van der Waals surface area contributed by atoms with Crippen molar-refractivity contribution in [3.8, 4) is 0 Å². The van der Waals surface area contributed by atoms with Gasteiger partial charge >= 0.3 is 5.97 Å². The molecule has 0 saturated carbocycles. The number of nitrogens with one attached hydrogen (secondary N) is 1. The topological polar surface area (TPSA) is 64.1 Å². The maximum atomic E-state index is 11.5. The zero-order valence-electron chi connectivity index (χ0n) is 11.2. The van der Waals surface area contributed by atoms with E-state index in [0.717, 1.165) is 5.01 Å². The number of aromatic nitrogens is 2. The number of thiazole rings is 2. The molecule has 5 nitrogen and oxygen atoms in total. The molecule has 0 aliphatic carbocycles. The molecule has 1 N–H and O–H groups in total. The molecule has 19 heavy (non-hydrogen) atoms. The van der Waals surface area contributed by atoms with Gasteiger partial charge in [-0.3, -0.25) is 0 Å². The maximum absolute atomic E-state index is 11.5. The first kappa shape index (κ1) is 14.0. The summed E-state index contributed by atoms with van der Waals surface area (Å²) in [6, 6.07) is 0.0646. The summed E-state index contributed by atoms with van der Waals surface area (Å²) in [6.07, 6.45) is 1.85. The summed E-state index contributed by atoms with van der Waals surface area (Å²) in [6.45, 7) is 5.84.